The highest BCUT2D eigenvalue weighted by Crippen LogP contribution is 2.14. The van der Waals surface area contributed by atoms with Crippen molar-refractivity contribution in [3.05, 3.63) is 29.8 Å². The normalized spacial score (nSPS) is 10.2. The van der Waals surface area contributed by atoms with Gasteiger partial charge in [0.05, 0.1) is 13.1 Å². The van der Waals surface area contributed by atoms with E-state index in [1.165, 1.54) is 0 Å². The Morgan fingerprint density at radius 3 is 1.80 bits per heavy atom. The van der Waals surface area contributed by atoms with Gasteiger partial charge in [-0.15, -0.1) is 0 Å². The summed E-state index contributed by atoms with van der Waals surface area (Å²) in [4.78, 5) is 35.7. The molecule has 6 nitrogen and oxygen atoms in total. The highest BCUT2D eigenvalue weighted by Gasteiger charge is 2.10. The molecule has 0 N–H and O–H groups in total. The maximum atomic E-state index is 11.5. The van der Waals surface area contributed by atoms with Crippen molar-refractivity contribution >= 4 is 23.9 Å². The first-order valence-electron chi connectivity index (χ1n) is 8.72. The molecule has 0 saturated carbocycles. The van der Waals surface area contributed by atoms with Gasteiger partial charge in [-0.2, -0.15) is 0 Å². The first-order valence-corrected chi connectivity index (χ1v) is 8.72. The van der Waals surface area contributed by atoms with Gasteiger partial charge in [-0.1, -0.05) is 13.8 Å². The molecule has 25 heavy (non-hydrogen) atoms. The summed E-state index contributed by atoms with van der Waals surface area (Å²) in [7, 11) is 0. The number of rotatable bonds is 12. The minimum Gasteiger partial charge on any atom is -0.464 e. The molecule has 1 aromatic rings. The van der Waals surface area contributed by atoms with Crippen molar-refractivity contribution in [2.24, 2.45) is 0 Å². The molecule has 6 heteroatoms. The molecular formula is C19H27NO5. The van der Waals surface area contributed by atoms with Crippen LogP contribution in [0.3, 0.4) is 0 Å². The van der Waals surface area contributed by atoms with E-state index in [4.69, 9.17) is 9.47 Å². The Morgan fingerprint density at radius 2 is 1.40 bits per heavy atom. The standard InChI is InChI=1S/C19H27NO5/c1-3-5-18(22)24-13-11-20(12-14-25-19(23)6-4-2)17-9-7-16(15-21)8-10-17/h7-10,15H,3-6,11-14H2,1-2H3. The minimum atomic E-state index is -0.215. The van der Waals surface area contributed by atoms with Crippen molar-refractivity contribution in [2.45, 2.75) is 39.5 Å². The predicted octanol–water partition coefficient (Wildman–Crippen LogP) is 2.99. The Labute approximate surface area is 149 Å². The summed E-state index contributed by atoms with van der Waals surface area (Å²) in [6, 6.07) is 7.10. The van der Waals surface area contributed by atoms with Crippen LogP contribution in [0.2, 0.25) is 0 Å². The van der Waals surface area contributed by atoms with Gasteiger partial charge in [0.15, 0.2) is 0 Å². The number of hydrogen-bond donors (Lipinski definition) is 0. The average molecular weight is 349 g/mol. The predicted molar refractivity (Wildman–Crippen MR) is 95.8 cm³/mol. The van der Waals surface area contributed by atoms with Crippen LogP contribution < -0.4 is 4.90 Å². The number of nitrogens with zero attached hydrogens (tertiary/aromatic N) is 1. The second kappa shape index (κ2) is 12.1. The van der Waals surface area contributed by atoms with Gasteiger partial charge in [0.2, 0.25) is 0 Å². The quantitative estimate of drug-likeness (QED) is 0.427. The van der Waals surface area contributed by atoms with E-state index in [0.29, 0.717) is 31.5 Å². The van der Waals surface area contributed by atoms with Crippen LogP contribution in [0.5, 0.6) is 0 Å². The molecular weight excluding hydrogens is 322 g/mol. The fourth-order valence-electron chi connectivity index (χ4n) is 2.23. The molecule has 138 valence electrons. The zero-order valence-corrected chi connectivity index (χ0v) is 15.0. The molecule has 0 saturated heterocycles. The van der Waals surface area contributed by atoms with Crippen molar-refractivity contribution in [3.63, 3.8) is 0 Å². The van der Waals surface area contributed by atoms with Gasteiger partial charge in [-0.25, -0.2) is 0 Å². The molecule has 0 fully saturated rings. The summed E-state index contributed by atoms with van der Waals surface area (Å²) in [5, 5.41) is 0. The molecule has 1 aromatic carbocycles. The van der Waals surface area contributed by atoms with Gasteiger partial charge >= 0.3 is 11.9 Å². The SMILES string of the molecule is CCCC(=O)OCCN(CCOC(=O)CCC)c1ccc(C=O)cc1. The van der Waals surface area contributed by atoms with Crippen LogP contribution in [0.1, 0.15) is 49.9 Å². The summed E-state index contributed by atoms with van der Waals surface area (Å²) in [5.74, 6) is -0.429. The smallest absolute Gasteiger partial charge is 0.305 e. The molecule has 0 heterocycles. The largest absolute Gasteiger partial charge is 0.464 e. The van der Waals surface area contributed by atoms with Gasteiger partial charge in [0.25, 0.3) is 0 Å². The summed E-state index contributed by atoms with van der Waals surface area (Å²) in [6.45, 7) is 5.34. The van der Waals surface area contributed by atoms with Crippen molar-refractivity contribution in [1.82, 2.24) is 0 Å². The Kier molecular flexibility index (Phi) is 9.97. The van der Waals surface area contributed by atoms with E-state index in [2.05, 4.69) is 0 Å². The van der Waals surface area contributed by atoms with Crippen LogP contribution in [-0.2, 0) is 19.1 Å². The number of anilines is 1. The fourth-order valence-corrected chi connectivity index (χ4v) is 2.23. The zero-order valence-electron chi connectivity index (χ0n) is 15.0. The molecule has 0 atom stereocenters. The number of hydrogen-bond acceptors (Lipinski definition) is 6. The molecule has 0 bridgehead atoms. The lowest BCUT2D eigenvalue weighted by Crippen LogP contribution is -2.32. The van der Waals surface area contributed by atoms with E-state index < -0.39 is 0 Å². The van der Waals surface area contributed by atoms with Crippen LogP contribution in [-0.4, -0.2) is 44.5 Å². The van der Waals surface area contributed by atoms with E-state index in [9.17, 15) is 14.4 Å². The topological polar surface area (TPSA) is 72.9 Å². The van der Waals surface area contributed by atoms with E-state index >= 15 is 0 Å². The Bertz CT molecular complexity index is 517. The molecule has 0 aliphatic heterocycles. The van der Waals surface area contributed by atoms with Gasteiger partial charge in [0.1, 0.15) is 19.5 Å². The minimum absolute atomic E-state index is 0.215. The molecule has 0 unspecified atom stereocenters. The Hall–Kier alpha value is -2.37. The van der Waals surface area contributed by atoms with E-state index in [-0.39, 0.29) is 25.2 Å². The third-order valence-electron chi connectivity index (χ3n) is 3.55. The van der Waals surface area contributed by atoms with Crippen LogP contribution >= 0.6 is 0 Å². The summed E-state index contributed by atoms with van der Waals surface area (Å²) in [6.07, 6.45) is 3.10. The number of carbonyl (C=O) groups is 3. The first kappa shape index (κ1) is 20.7. The van der Waals surface area contributed by atoms with Crippen molar-refractivity contribution in [1.29, 1.82) is 0 Å². The van der Waals surface area contributed by atoms with Crippen molar-refractivity contribution in [3.8, 4) is 0 Å². The van der Waals surface area contributed by atoms with Crippen molar-refractivity contribution < 1.29 is 23.9 Å². The van der Waals surface area contributed by atoms with Crippen LogP contribution in [0.25, 0.3) is 0 Å². The third kappa shape index (κ3) is 8.33. The molecule has 0 amide bonds. The highest BCUT2D eigenvalue weighted by atomic mass is 16.5. The average Bonchev–Trinajstić information content (AvgIpc) is 2.61. The van der Waals surface area contributed by atoms with E-state index in [0.717, 1.165) is 24.8 Å². The Balaban J connectivity index is 2.60. The summed E-state index contributed by atoms with van der Waals surface area (Å²) >= 11 is 0. The number of ether oxygens (including phenoxy) is 2. The molecule has 0 aliphatic rings. The molecule has 1 rings (SSSR count). The van der Waals surface area contributed by atoms with Crippen LogP contribution in [0.4, 0.5) is 5.69 Å². The number of aldehydes is 1. The maximum Gasteiger partial charge on any atom is 0.305 e. The maximum absolute atomic E-state index is 11.5. The lowest BCUT2D eigenvalue weighted by Gasteiger charge is -2.24. The molecule has 0 aliphatic carbocycles. The zero-order chi connectivity index (χ0) is 18.5. The van der Waals surface area contributed by atoms with Crippen molar-refractivity contribution in [2.75, 3.05) is 31.2 Å². The van der Waals surface area contributed by atoms with Gasteiger partial charge < -0.3 is 14.4 Å². The lowest BCUT2D eigenvalue weighted by atomic mass is 10.2. The molecule has 0 spiro atoms. The fraction of sp³-hybridized carbons (Fsp3) is 0.526. The van der Waals surface area contributed by atoms with E-state index in [1.54, 1.807) is 12.1 Å². The first-order chi connectivity index (χ1) is 12.1. The van der Waals surface area contributed by atoms with Gasteiger partial charge in [-0.3, -0.25) is 14.4 Å². The number of benzene rings is 1. The summed E-state index contributed by atoms with van der Waals surface area (Å²) < 4.78 is 10.4. The Morgan fingerprint density at radius 1 is 0.920 bits per heavy atom. The number of esters is 2. The van der Waals surface area contributed by atoms with E-state index in [1.807, 2.05) is 30.9 Å². The second-order valence-corrected chi connectivity index (χ2v) is 5.64. The monoisotopic (exact) mass is 349 g/mol. The highest BCUT2D eigenvalue weighted by molar-refractivity contribution is 5.75. The second-order valence-electron chi connectivity index (χ2n) is 5.64. The number of carbonyl (C=O) groups excluding carboxylic acids is 3. The third-order valence-corrected chi connectivity index (χ3v) is 3.55. The van der Waals surface area contributed by atoms with Gasteiger partial charge in [-0.05, 0) is 37.1 Å². The summed E-state index contributed by atoms with van der Waals surface area (Å²) in [5.41, 5.74) is 1.47. The van der Waals surface area contributed by atoms with Gasteiger partial charge in [0, 0.05) is 24.1 Å². The molecule has 0 radical (unpaired) electrons. The lowest BCUT2D eigenvalue weighted by molar-refractivity contribution is -0.143. The molecule has 0 aromatic heterocycles. The van der Waals surface area contributed by atoms with Crippen LogP contribution in [0, 0.1) is 0 Å². The van der Waals surface area contributed by atoms with Crippen LogP contribution in [0.15, 0.2) is 24.3 Å².